The van der Waals surface area contributed by atoms with Gasteiger partial charge in [0.25, 0.3) is 0 Å². The number of carbonyl (C=O) groups is 1. The lowest BCUT2D eigenvalue weighted by Gasteiger charge is -2.09. The lowest BCUT2D eigenvalue weighted by Crippen LogP contribution is -2.29. The van der Waals surface area contributed by atoms with Crippen molar-refractivity contribution in [1.82, 2.24) is 14.9 Å². The van der Waals surface area contributed by atoms with E-state index in [-0.39, 0.29) is 18.1 Å². The normalized spacial score (nSPS) is 14.1. The van der Waals surface area contributed by atoms with Crippen molar-refractivity contribution in [2.45, 2.75) is 31.7 Å². The first-order valence-electron chi connectivity index (χ1n) is 7.25. The van der Waals surface area contributed by atoms with Crippen LogP contribution in [0.25, 0.3) is 0 Å². The molecule has 3 rings (SSSR count). The lowest BCUT2D eigenvalue weighted by molar-refractivity contribution is -0.120. The molecule has 1 heterocycles. The minimum atomic E-state index is -0.335. The molecule has 0 radical (unpaired) electrons. The Morgan fingerprint density at radius 2 is 2.19 bits per heavy atom. The van der Waals surface area contributed by atoms with E-state index in [9.17, 15) is 9.18 Å². The third-order valence-electron chi connectivity index (χ3n) is 3.67. The minimum Gasteiger partial charge on any atom is -0.354 e. The van der Waals surface area contributed by atoms with E-state index in [4.69, 9.17) is 0 Å². The number of imidazole rings is 1. The van der Waals surface area contributed by atoms with Crippen molar-refractivity contribution >= 4 is 5.91 Å². The maximum atomic E-state index is 13.5. The zero-order valence-electron chi connectivity index (χ0n) is 11.8. The third kappa shape index (κ3) is 3.48. The van der Waals surface area contributed by atoms with E-state index in [1.807, 2.05) is 6.20 Å². The van der Waals surface area contributed by atoms with Gasteiger partial charge in [0.15, 0.2) is 0 Å². The van der Waals surface area contributed by atoms with Crippen LogP contribution in [0, 0.1) is 5.82 Å². The van der Waals surface area contributed by atoms with Crippen LogP contribution in [0.4, 0.5) is 4.39 Å². The molecule has 1 saturated carbocycles. The molecular weight excluding hydrogens is 269 g/mol. The maximum absolute atomic E-state index is 13.5. The summed E-state index contributed by atoms with van der Waals surface area (Å²) in [4.78, 5) is 16.2. The van der Waals surface area contributed by atoms with Gasteiger partial charge in [-0.1, -0.05) is 18.2 Å². The molecule has 1 aliphatic rings. The predicted molar refractivity (Wildman–Crippen MR) is 77.3 cm³/mol. The van der Waals surface area contributed by atoms with E-state index < -0.39 is 0 Å². The quantitative estimate of drug-likeness (QED) is 0.886. The van der Waals surface area contributed by atoms with Gasteiger partial charge in [0, 0.05) is 31.4 Å². The van der Waals surface area contributed by atoms with Gasteiger partial charge < -0.3 is 9.88 Å². The molecule has 1 aromatic heterocycles. The Morgan fingerprint density at radius 3 is 2.95 bits per heavy atom. The fourth-order valence-corrected chi connectivity index (χ4v) is 2.40. The Morgan fingerprint density at radius 1 is 1.38 bits per heavy atom. The zero-order valence-corrected chi connectivity index (χ0v) is 11.8. The summed E-state index contributed by atoms with van der Waals surface area (Å²) in [6.07, 6.45) is 6.23. The standard InChI is InChI=1S/C16H18FN3O/c17-14-4-2-1-3-13(14)11-15(21)18-7-9-20-10-8-19-16(20)12-5-6-12/h1-4,8,10,12H,5-7,9,11H2,(H,18,21). The van der Waals surface area contributed by atoms with Gasteiger partial charge in [-0.2, -0.15) is 0 Å². The molecule has 1 amide bonds. The molecule has 4 nitrogen and oxygen atoms in total. The van der Waals surface area contributed by atoms with E-state index in [2.05, 4.69) is 14.9 Å². The second kappa shape index (κ2) is 6.08. The third-order valence-corrected chi connectivity index (χ3v) is 3.67. The Hall–Kier alpha value is -2.17. The maximum Gasteiger partial charge on any atom is 0.224 e. The van der Waals surface area contributed by atoms with Crippen LogP contribution in [0.2, 0.25) is 0 Å². The summed E-state index contributed by atoms with van der Waals surface area (Å²) in [6.45, 7) is 1.23. The van der Waals surface area contributed by atoms with Gasteiger partial charge in [-0.3, -0.25) is 4.79 Å². The van der Waals surface area contributed by atoms with Crippen molar-refractivity contribution in [3.63, 3.8) is 0 Å². The van der Waals surface area contributed by atoms with Crippen molar-refractivity contribution < 1.29 is 9.18 Å². The molecule has 110 valence electrons. The SMILES string of the molecule is O=C(Cc1ccccc1F)NCCn1ccnc1C1CC1. The molecule has 21 heavy (non-hydrogen) atoms. The Bertz CT molecular complexity index is 634. The fraction of sp³-hybridized carbons (Fsp3) is 0.375. The highest BCUT2D eigenvalue weighted by atomic mass is 19.1. The van der Waals surface area contributed by atoms with Gasteiger partial charge in [0.05, 0.1) is 6.42 Å². The zero-order chi connectivity index (χ0) is 14.7. The summed E-state index contributed by atoms with van der Waals surface area (Å²) in [6, 6.07) is 6.36. The molecule has 1 fully saturated rings. The number of aromatic nitrogens is 2. The van der Waals surface area contributed by atoms with Gasteiger partial charge >= 0.3 is 0 Å². The van der Waals surface area contributed by atoms with E-state index in [0.717, 1.165) is 5.82 Å². The Balaban J connectivity index is 1.48. The van der Waals surface area contributed by atoms with Crippen molar-refractivity contribution in [3.8, 4) is 0 Å². The van der Waals surface area contributed by atoms with Crippen molar-refractivity contribution in [2.75, 3.05) is 6.54 Å². The molecule has 1 aliphatic carbocycles. The van der Waals surface area contributed by atoms with Crippen LogP contribution in [-0.4, -0.2) is 22.0 Å². The minimum absolute atomic E-state index is 0.0755. The smallest absolute Gasteiger partial charge is 0.224 e. The number of hydrogen-bond donors (Lipinski definition) is 1. The Labute approximate surface area is 123 Å². The summed E-state index contributed by atoms with van der Waals surface area (Å²) in [7, 11) is 0. The predicted octanol–water partition coefficient (Wildman–Crippen LogP) is 2.26. The van der Waals surface area contributed by atoms with Crippen LogP contribution < -0.4 is 5.32 Å². The number of amides is 1. The second-order valence-electron chi connectivity index (χ2n) is 5.37. The monoisotopic (exact) mass is 287 g/mol. The van der Waals surface area contributed by atoms with Crippen molar-refractivity contribution in [2.24, 2.45) is 0 Å². The second-order valence-corrected chi connectivity index (χ2v) is 5.37. The summed E-state index contributed by atoms with van der Waals surface area (Å²) in [5.74, 6) is 1.21. The molecule has 1 N–H and O–H groups in total. The molecule has 0 bridgehead atoms. The van der Waals surface area contributed by atoms with Crippen molar-refractivity contribution in [3.05, 3.63) is 53.9 Å². The van der Waals surface area contributed by atoms with Gasteiger partial charge in [0.2, 0.25) is 5.91 Å². The number of nitrogens with zero attached hydrogens (tertiary/aromatic N) is 2. The first-order chi connectivity index (χ1) is 10.2. The highest BCUT2D eigenvalue weighted by Crippen LogP contribution is 2.38. The van der Waals surface area contributed by atoms with Crippen LogP contribution in [-0.2, 0) is 17.8 Å². The summed E-state index contributed by atoms with van der Waals surface area (Å²) in [5, 5.41) is 2.83. The molecule has 0 aliphatic heterocycles. The number of rotatable bonds is 6. The summed E-state index contributed by atoms with van der Waals surface area (Å²) in [5.41, 5.74) is 0.427. The van der Waals surface area contributed by atoms with Crippen LogP contribution in [0.1, 0.15) is 30.1 Å². The topological polar surface area (TPSA) is 46.9 Å². The van der Waals surface area contributed by atoms with Gasteiger partial charge in [-0.25, -0.2) is 9.37 Å². The molecule has 5 heteroatoms. The van der Waals surface area contributed by atoms with E-state index in [1.165, 1.54) is 18.9 Å². The number of hydrogen-bond acceptors (Lipinski definition) is 2. The van der Waals surface area contributed by atoms with E-state index >= 15 is 0 Å². The fourth-order valence-electron chi connectivity index (χ4n) is 2.40. The molecule has 0 spiro atoms. The summed E-state index contributed by atoms with van der Waals surface area (Å²) >= 11 is 0. The number of halogens is 1. The first kappa shape index (κ1) is 13.8. The molecular formula is C16H18FN3O. The average Bonchev–Trinajstić information content (AvgIpc) is 3.21. The molecule has 2 aromatic rings. The Kier molecular flexibility index (Phi) is 3.99. The van der Waals surface area contributed by atoms with Crippen molar-refractivity contribution in [1.29, 1.82) is 0 Å². The van der Waals surface area contributed by atoms with E-state index in [1.54, 1.807) is 24.4 Å². The largest absolute Gasteiger partial charge is 0.354 e. The highest BCUT2D eigenvalue weighted by Gasteiger charge is 2.27. The number of benzene rings is 1. The lowest BCUT2D eigenvalue weighted by atomic mass is 10.1. The molecule has 0 atom stereocenters. The van der Waals surface area contributed by atoms with Crippen LogP contribution in [0.15, 0.2) is 36.7 Å². The van der Waals surface area contributed by atoms with Crippen LogP contribution >= 0.6 is 0 Å². The average molecular weight is 287 g/mol. The molecule has 0 saturated heterocycles. The highest BCUT2D eigenvalue weighted by molar-refractivity contribution is 5.78. The van der Waals surface area contributed by atoms with Gasteiger partial charge in [-0.05, 0) is 24.5 Å². The van der Waals surface area contributed by atoms with Crippen LogP contribution in [0.3, 0.4) is 0 Å². The van der Waals surface area contributed by atoms with Crippen LogP contribution in [0.5, 0.6) is 0 Å². The van der Waals surface area contributed by atoms with E-state index in [0.29, 0.717) is 24.6 Å². The first-order valence-corrected chi connectivity index (χ1v) is 7.25. The summed E-state index contributed by atoms with van der Waals surface area (Å²) < 4.78 is 15.5. The molecule has 1 aromatic carbocycles. The molecule has 0 unspecified atom stereocenters. The number of nitrogens with one attached hydrogen (secondary N) is 1. The number of carbonyl (C=O) groups excluding carboxylic acids is 1. The van der Waals surface area contributed by atoms with Gasteiger partial charge in [-0.15, -0.1) is 0 Å². The van der Waals surface area contributed by atoms with Gasteiger partial charge in [0.1, 0.15) is 11.6 Å².